The zero-order valence-electron chi connectivity index (χ0n) is 21.0. The number of benzene rings is 1. The first-order valence-electron chi connectivity index (χ1n) is 13.1. The maximum atomic E-state index is 13.6. The zero-order chi connectivity index (χ0) is 25.4. The lowest BCUT2D eigenvalue weighted by Gasteiger charge is -2.46. The van der Waals surface area contributed by atoms with Crippen LogP contribution in [0.3, 0.4) is 0 Å². The van der Waals surface area contributed by atoms with Gasteiger partial charge in [-0.05, 0) is 75.5 Å². The fourth-order valence-corrected chi connectivity index (χ4v) is 6.68. The van der Waals surface area contributed by atoms with E-state index in [9.17, 15) is 19.8 Å². The van der Waals surface area contributed by atoms with Crippen LogP contribution in [0.25, 0.3) is 0 Å². The van der Waals surface area contributed by atoms with Gasteiger partial charge in [-0.2, -0.15) is 0 Å². The number of nitrogens with one attached hydrogen (secondary N) is 1. The fourth-order valence-electron chi connectivity index (χ4n) is 6.68. The van der Waals surface area contributed by atoms with E-state index in [4.69, 9.17) is 9.15 Å². The van der Waals surface area contributed by atoms with Crippen molar-refractivity contribution in [3.63, 3.8) is 0 Å². The highest BCUT2D eigenvalue weighted by Crippen LogP contribution is 2.48. The lowest BCUT2D eigenvalue weighted by molar-refractivity contribution is -0.123. The molecule has 1 saturated carbocycles. The molecule has 3 aliphatic carbocycles. The standard InChI is InChI=1S/C29H35NO6/c1-16-12-24(32)28(34)29(36-16)22(18-10-11-23(31)25(14-18)35-2)15-26(33)30-27-19-7-5-9-21(27)20-8-4-3-6-17(20)13-19/h10-12,14,19,21-22,27,31,34H,3-9,13,15H2,1-2H3,(H,30,33). The van der Waals surface area contributed by atoms with Crippen molar-refractivity contribution in [2.24, 2.45) is 11.8 Å². The zero-order valence-corrected chi connectivity index (χ0v) is 21.0. The molecule has 1 aromatic carbocycles. The molecule has 1 aromatic heterocycles. The molecule has 5 rings (SSSR count). The highest BCUT2D eigenvalue weighted by atomic mass is 16.5. The van der Waals surface area contributed by atoms with E-state index in [2.05, 4.69) is 5.32 Å². The van der Waals surface area contributed by atoms with Crippen molar-refractivity contribution < 1.29 is 24.2 Å². The van der Waals surface area contributed by atoms with Gasteiger partial charge in [0.2, 0.25) is 17.1 Å². The van der Waals surface area contributed by atoms with Gasteiger partial charge >= 0.3 is 0 Å². The number of amides is 1. The number of aromatic hydroxyl groups is 2. The molecule has 0 saturated heterocycles. The van der Waals surface area contributed by atoms with E-state index in [1.165, 1.54) is 44.9 Å². The highest BCUT2D eigenvalue weighted by molar-refractivity contribution is 5.78. The number of aryl methyl sites for hydroxylation is 1. The number of allylic oxidation sites excluding steroid dienone is 1. The summed E-state index contributed by atoms with van der Waals surface area (Å²) in [6, 6.07) is 6.10. The Labute approximate surface area is 211 Å². The van der Waals surface area contributed by atoms with Crippen LogP contribution >= 0.6 is 0 Å². The van der Waals surface area contributed by atoms with Crippen LogP contribution in [0.1, 0.15) is 80.8 Å². The Morgan fingerprint density at radius 3 is 2.78 bits per heavy atom. The Hall–Kier alpha value is -3.22. The molecule has 7 nitrogen and oxygen atoms in total. The second-order valence-corrected chi connectivity index (χ2v) is 10.6. The van der Waals surface area contributed by atoms with Gasteiger partial charge in [0, 0.05) is 24.4 Å². The van der Waals surface area contributed by atoms with Gasteiger partial charge in [0.1, 0.15) is 5.76 Å². The Balaban J connectivity index is 1.45. The molecule has 0 radical (unpaired) electrons. The quantitative estimate of drug-likeness (QED) is 0.485. The number of hydrogen-bond acceptors (Lipinski definition) is 6. The smallest absolute Gasteiger partial charge is 0.227 e. The molecule has 1 heterocycles. The second kappa shape index (κ2) is 10.0. The van der Waals surface area contributed by atoms with Crippen molar-refractivity contribution in [3.8, 4) is 17.2 Å². The van der Waals surface area contributed by atoms with E-state index in [1.54, 1.807) is 30.2 Å². The van der Waals surface area contributed by atoms with Gasteiger partial charge in [0.15, 0.2) is 17.3 Å². The predicted molar refractivity (Wildman–Crippen MR) is 135 cm³/mol. The Kier molecular flexibility index (Phi) is 6.82. The lowest BCUT2D eigenvalue weighted by atomic mass is 9.63. The minimum absolute atomic E-state index is 0.00424. The third kappa shape index (κ3) is 4.63. The van der Waals surface area contributed by atoms with Gasteiger partial charge in [-0.25, -0.2) is 0 Å². The van der Waals surface area contributed by atoms with Crippen LogP contribution in [0.2, 0.25) is 0 Å². The molecule has 3 aliphatic rings. The Morgan fingerprint density at radius 2 is 1.97 bits per heavy atom. The van der Waals surface area contributed by atoms with E-state index in [0.717, 1.165) is 25.7 Å². The lowest BCUT2D eigenvalue weighted by Crippen LogP contribution is -2.51. The molecular formula is C29H35NO6. The summed E-state index contributed by atoms with van der Waals surface area (Å²) in [5, 5.41) is 24.0. The molecular weight excluding hydrogens is 458 g/mol. The number of hydrogen-bond donors (Lipinski definition) is 3. The summed E-state index contributed by atoms with van der Waals surface area (Å²) < 4.78 is 11.1. The summed E-state index contributed by atoms with van der Waals surface area (Å²) in [5.41, 5.74) is 3.28. The summed E-state index contributed by atoms with van der Waals surface area (Å²) >= 11 is 0. The first kappa shape index (κ1) is 24.5. The van der Waals surface area contributed by atoms with Crippen molar-refractivity contribution >= 4 is 5.91 Å². The summed E-state index contributed by atoms with van der Waals surface area (Å²) in [7, 11) is 1.45. The number of phenolic OH excluding ortho intramolecular Hbond substituents is 1. The van der Waals surface area contributed by atoms with Gasteiger partial charge in [0.05, 0.1) is 13.0 Å². The third-order valence-electron chi connectivity index (χ3n) is 8.33. The van der Waals surface area contributed by atoms with Crippen molar-refractivity contribution in [1.82, 2.24) is 5.32 Å². The van der Waals surface area contributed by atoms with E-state index < -0.39 is 17.1 Å². The monoisotopic (exact) mass is 493 g/mol. The van der Waals surface area contributed by atoms with Crippen LogP contribution < -0.4 is 15.5 Å². The van der Waals surface area contributed by atoms with Gasteiger partial charge in [-0.3, -0.25) is 9.59 Å². The minimum atomic E-state index is -0.722. The molecule has 3 N–H and O–H groups in total. The maximum absolute atomic E-state index is 13.6. The van der Waals surface area contributed by atoms with Gasteiger partial charge < -0.3 is 24.7 Å². The van der Waals surface area contributed by atoms with Crippen molar-refractivity contribution in [2.45, 2.75) is 76.7 Å². The molecule has 4 atom stereocenters. The van der Waals surface area contributed by atoms with Crippen molar-refractivity contribution in [1.29, 1.82) is 0 Å². The predicted octanol–water partition coefficient (Wildman–Crippen LogP) is 5.07. The second-order valence-electron chi connectivity index (χ2n) is 10.6. The Bertz CT molecular complexity index is 1240. The summed E-state index contributed by atoms with van der Waals surface area (Å²) in [4.78, 5) is 25.9. The van der Waals surface area contributed by atoms with Crippen molar-refractivity contribution in [3.05, 3.63) is 62.7 Å². The molecule has 2 bridgehead atoms. The SMILES string of the molecule is COc1cc(C(CC(=O)NC2C3CCCC2C2=C(CCCC2)C3)c2oc(C)cc(=O)c2O)ccc1O. The molecule has 7 heteroatoms. The molecule has 0 aliphatic heterocycles. The fraction of sp³-hybridized carbons (Fsp3) is 0.517. The summed E-state index contributed by atoms with van der Waals surface area (Å²) in [5.74, 6) is 0.106. The van der Waals surface area contributed by atoms with Crippen LogP contribution in [0, 0.1) is 18.8 Å². The van der Waals surface area contributed by atoms with E-state index in [1.807, 2.05) is 0 Å². The van der Waals surface area contributed by atoms with Gasteiger partial charge in [-0.15, -0.1) is 0 Å². The number of rotatable bonds is 6. The number of methoxy groups -OCH3 is 1. The summed E-state index contributed by atoms with van der Waals surface area (Å²) in [6.45, 7) is 1.64. The number of phenols is 1. The molecule has 1 amide bonds. The topological polar surface area (TPSA) is 109 Å². The maximum Gasteiger partial charge on any atom is 0.227 e. The molecule has 1 fully saturated rings. The van der Waals surface area contributed by atoms with E-state index in [0.29, 0.717) is 23.2 Å². The number of carbonyl (C=O) groups excluding carboxylic acids is 1. The molecule has 4 unspecified atom stereocenters. The van der Waals surface area contributed by atoms with Gasteiger partial charge in [-0.1, -0.05) is 23.6 Å². The molecule has 0 spiro atoms. The van der Waals surface area contributed by atoms with Crippen LogP contribution in [-0.2, 0) is 4.79 Å². The van der Waals surface area contributed by atoms with Crippen LogP contribution in [0.5, 0.6) is 17.2 Å². The van der Waals surface area contributed by atoms with Crippen LogP contribution in [0.15, 0.2) is 44.6 Å². The average Bonchev–Trinajstić information content (AvgIpc) is 2.85. The first-order chi connectivity index (χ1) is 17.4. The van der Waals surface area contributed by atoms with Crippen LogP contribution in [-0.4, -0.2) is 29.3 Å². The minimum Gasteiger partial charge on any atom is -0.504 e. The number of carbonyl (C=O) groups is 1. The first-order valence-corrected chi connectivity index (χ1v) is 13.1. The average molecular weight is 494 g/mol. The molecule has 192 valence electrons. The van der Waals surface area contributed by atoms with E-state index in [-0.39, 0.29) is 35.6 Å². The number of ether oxygens (including phenoxy) is 1. The van der Waals surface area contributed by atoms with Gasteiger partial charge in [0.25, 0.3) is 0 Å². The third-order valence-corrected chi connectivity index (χ3v) is 8.33. The largest absolute Gasteiger partial charge is 0.504 e. The Morgan fingerprint density at radius 1 is 1.17 bits per heavy atom. The molecule has 2 aromatic rings. The highest BCUT2D eigenvalue weighted by Gasteiger charge is 2.42. The van der Waals surface area contributed by atoms with E-state index >= 15 is 0 Å². The van der Waals surface area contributed by atoms with Crippen molar-refractivity contribution in [2.75, 3.05) is 7.11 Å². The van der Waals surface area contributed by atoms with Crippen LogP contribution in [0.4, 0.5) is 0 Å². The molecule has 36 heavy (non-hydrogen) atoms. The normalized spacial score (nSPS) is 24.1. The number of fused-ring (bicyclic) bond motifs is 3. The summed E-state index contributed by atoms with van der Waals surface area (Å²) in [6.07, 6.45) is 9.40.